The lowest BCUT2D eigenvalue weighted by atomic mass is 10.1. The molecule has 19 heavy (non-hydrogen) atoms. The zero-order chi connectivity index (χ0) is 13.3. The van der Waals surface area contributed by atoms with Crippen molar-refractivity contribution in [3.8, 4) is 17.6 Å². The third-order valence-electron chi connectivity index (χ3n) is 2.64. The van der Waals surface area contributed by atoms with Crippen LogP contribution in [0.5, 0.6) is 5.75 Å². The number of aliphatic hydroxyl groups is 1. The number of rotatable bonds is 4. The molecule has 0 unspecified atom stereocenters. The Morgan fingerprint density at radius 2 is 1.68 bits per heavy atom. The van der Waals surface area contributed by atoms with Crippen LogP contribution >= 0.6 is 0 Å². The highest BCUT2D eigenvalue weighted by molar-refractivity contribution is 5.34. The zero-order valence-corrected chi connectivity index (χ0v) is 10.7. The molecule has 0 aromatic heterocycles. The van der Waals surface area contributed by atoms with Crippen LogP contribution in [0.3, 0.4) is 0 Å². The van der Waals surface area contributed by atoms with Crippen molar-refractivity contribution in [2.24, 2.45) is 0 Å². The van der Waals surface area contributed by atoms with Gasteiger partial charge in [-0.3, -0.25) is 0 Å². The second kappa shape index (κ2) is 7.25. The molecule has 1 N–H and O–H groups in total. The van der Waals surface area contributed by atoms with Gasteiger partial charge in [0.05, 0.1) is 0 Å². The van der Waals surface area contributed by atoms with E-state index in [9.17, 15) is 0 Å². The molecule has 2 nitrogen and oxygen atoms in total. The number of aliphatic hydroxyl groups excluding tert-OH is 1. The van der Waals surface area contributed by atoms with Crippen molar-refractivity contribution in [2.75, 3.05) is 13.2 Å². The van der Waals surface area contributed by atoms with E-state index >= 15 is 0 Å². The average molecular weight is 252 g/mol. The van der Waals surface area contributed by atoms with Gasteiger partial charge in [-0.25, -0.2) is 0 Å². The Kier molecular flexibility index (Phi) is 5.04. The van der Waals surface area contributed by atoms with Crippen LogP contribution in [-0.2, 0) is 6.42 Å². The Morgan fingerprint density at radius 1 is 0.947 bits per heavy atom. The van der Waals surface area contributed by atoms with Crippen LogP contribution in [0, 0.1) is 11.8 Å². The molecule has 0 amide bonds. The first-order valence-corrected chi connectivity index (χ1v) is 6.25. The summed E-state index contributed by atoms with van der Waals surface area (Å²) in [7, 11) is 0. The molecule has 0 bridgehead atoms. The highest BCUT2D eigenvalue weighted by Crippen LogP contribution is 2.12. The molecule has 0 aliphatic rings. The van der Waals surface area contributed by atoms with Crippen molar-refractivity contribution in [3.05, 3.63) is 65.7 Å². The van der Waals surface area contributed by atoms with E-state index in [-0.39, 0.29) is 6.61 Å². The van der Waals surface area contributed by atoms with Crippen molar-refractivity contribution >= 4 is 0 Å². The molecule has 0 aliphatic heterocycles. The van der Waals surface area contributed by atoms with Crippen molar-refractivity contribution in [1.82, 2.24) is 0 Å². The monoisotopic (exact) mass is 252 g/mol. The van der Waals surface area contributed by atoms with Gasteiger partial charge in [-0.2, -0.15) is 0 Å². The number of ether oxygens (including phenoxy) is 1. The number of hydrogen-bond donors (Lipinski definition) is 1. The van der Waals surface area contributed by atoms with E-state index in [4.69, 9.17) is 9.84 Å². The van der Waals surface area contributed by atoms with Crippen LogP contribution in [-0.4, -0.2) is 18.3 Å². The van der Waals surface area contributed by atoms with Crippen LogP contribution < -0.4 is 4.74 Å². The second-order valence-electron chi connectivity index (χ2n) is 4.07. The average Bonchev–Trinajstić information content (AvgIpc) is 2.47. The molecule has 96 valence electrons. The summed E-state index contributed by atoms with van der Waals surface area (Å²) in [5, 5.41) is 8.82. The van der Waals surface area contributed by atoms with Gasteiger partial charge in [-0.05, 0) is 36.2 Å². The van der Waals surface area contributed by atoms with E-state index in [0.29, 0.717) is 13.0 Å². The van der Waals surface area contributed by atoms with E-state index in [1.807, 2.05) is 54.6 Å². The summed E-state index contributed by atoms with van der Waals surface area (Å²) >= 11 is 0. The molecule has 2 rings (SSSR count). The molecular weight excluding hydrogens is 236 g/mol. The highest BCUT2D eigenvalue weighted by Gasteiger charge is 1.94. The number of hydrogen-bond acceptors (Lipinski definition) is 2. The molecular formula is C17H16O2. The van der Waals surface area contributed by atoms with Crippen LogP contribution in [0.25, 0.3) is 0 Å². The summed E-state index contributed by atoms with van der Waals surface area (Å²) in [6.07, 6.45) is 0.675. The minimum Gasteiger partial charge on any atom is -0.481 e. The fourth-order valence-corrected chi connectivity index (χ4v) is 1.66. The van der Waals surface area contributed by atoms with E-state index in [1.54, 1.807) is 0 Å². The van der Waals surface area contributed by atoms with Gasteiger partial charge in [-0.1, -0.05) is 42.2 Å². The van der Waals surface area contributed by atoms with Crippen molar-refractivity contribution in [3.63, 3.8) is 0 Å². The lowest BCUT2D eigenvalue weighted by Crippen LogP contribution is -1.95. The molecule has 0 spiro atoms. The highest BCUT2D eigenvalue weighted by atomic mass is 16.5. The van der Waals surface area contributed by atoms with E-state index in [1.165, 1.54) is 0 Å². The van der Waals surface area contributed by atoms with Crippen LogP contribution in [0.1, 0.15) is 11.1 Å². The molecule has 2 aromatic rings. The van der Waals surface area contributed by atoms with Crippen molar-refractivity contribution in [1.29, 1.82) is 0 Å². The molecule has 2 heteroatoms. The van der Waals surface area contributed by atoms with Gasteiger partial charge >= 0.3 is 0 Å². The van der Waals surface area contributed by atoms with Gasteiger partial charge in [0.25, 0.3) is 0 Å². The summed E-state index contributed by atoms with van der Waals surface area (Å²) in [6.45, 7) is 0.539. The molecule has 0 saturated carbocycles. The van der Waals surface area contributed by atoms with Crippen molar-refractivity contribution < 1.29 is 9.84 Å². The third-order valence-corrected chi connectivity index (χ3v) is 2.64. The van der Waals surface area contributed by atoms with E-state index in [0.717, 1.165) is 16.9 Å². The molecule has 2 aromatic carbocycles. The van der Waals surface area contributed by atoms with Crippen LogP contribution in [0.15, 0.2) is 54.6 Å². The maximum atomic E-state index is 8.82. The summed E-state index contributed by atoms with van der Waals surface area (Å²) in [5.74, 6) is 6.81. The molecule has 0 atom stereocenters. The molecule has 0 heterocycles. The predicted octanol–water partition coefficient (Wildman–Crippen LogP) is 2.65. The van der Waals surface area contributed by atoms with Gasteiger partial charge in [0.15, 0.2) is 0 Å². The quantitative estimate of drug-likeness (QED) is 0.848. The summed E-state index contributed by atoms with van der Waals surface area (Å²) < 4.78 is 5.52. The van der Waals surface area contributed by atoms with Crippen LogP contribution in [0.2, 0.25) is 0 Å². The minimum atomic E-state index is 0.169. The summed E-state index contributed by atoms with van der Waals surface area (Å²) in [6, 6.07) is 17.5. The fraction of sp³-hybridized carbons (Fsp3) is 0.176. The van der Waals surface area contributed by atoms with E-state index in [2.05, 4.69) is 11.8 Å². The third kappa shape index (κ3) is 4.50. The maximum absolute atomic E-state index is 8.82. The fourth-order valence-electron chi connectivity index (χ4n) is 1.66. The normalized spacial score (nSPS) is 9.53. The standard InChI is InChI=1S/C17H16O2/c18-13-12-16-8-10-17(11-9-16)19-14-4-7-15-5-2-1-3-6-15/h1-3,5-6,8-11,18H,12-14H2. The van der Waals surface area contributed by atoms with Gasteiger partial charge in [0.1, 0.15) is 12.4 Å². The molecule has 0 saturated heterocycles. The summed E-state index contributed by atoms with van der Waals surface area (Å²) in [5.41, 5.74) is 2.09. The lowest BCUT2D eigenvalue weighted by molar-refractivity contribution is 0.299. The Labute approximate surface area is 113 Å². The van der Waals surface area contributed by atoms with Crippen LogP contribution in [0.4, 0.5) is 0 Å². The Morgan fingerprint density at radius 3 is 2.37 bits per heavy atom. The first kappa shape index (κ1) is 13.2. The Hall–Kier alpha value is -2.24. The first-order chi connectivity index (χ1) is 9.38. The number of benzene rings is 2. The van der Waals surface area contributed by atoms with Crippen molar-refractivity contribution in [2.45, 2.75) is 6.42 Å². The SMILES string of the molecule is OCCc1ccc(OCC#Cc2ccccc2)cc1. The van der Waals surface area contributed by atoms with E-state index < -0.39 is 0 Å². The molecule has 0 radical (unpaired) electrons. The van der Waals surface area contributed by atoms with Gasteiger partial charge in [0, 0.05) is 12.2 Å². The van der Waals surface area contributed by atoms with Gasteiger partial charge < -0.3 is 9.84 Å². The maximum Gasteiger partial charge on any atom is 0.149 e. The smallest absolute Gasteiger partial charge is 0.149 e. The summed E-state index contributed by atoms with van der Waals surface area (Å²) in [4.78, 5) is 0. The minimum absolute atomic E-state index is 0.169. The zero-order valence-electron chi connectivity index (χ0n) is 10.7. The second-order valence-corrected chi connectivity index (χ2v) is 4.07. The lowest BCUT2D eigenvalue weighted by Gasteiger charge is -2.03. The van der Waals surface area contributed by atoms with Gasteiger partial charge in [0.2, 0.25) is 0 Å². The topological polar surface area (TPSA) is 29.5 Å². The predicted molar refractivity (Wildman–Crippen MR) is 76.0 cm³/mol. The molecule has 0 aliphatic carbocycles. The first-order valence-electron chi connectivity index (χ1n) is 6.25. The largest absolute Gasteiger partial charge is 0.481 e. The molecule has 0 fully saturated rings. The van der Waals surface area contributed by atoms with Gasteiger partial charge in [-0.15, -0.1) is 0 Å². The Balaban J connectivity index is 1.84. The Bertz CT molecular complexity index is 547.